The van der Waals surface area contributed by atoms with Crippen molar-refractivity contribution in [2.24, 2.45) is 0 Å². The number of methoxy groups -OCH3 is 2. The summed E-state index contributed by atoms with van der Waals surface area (Å²) in [5.41, 5.74) is 0. The SMILES string of the molecule is COC(OC)[C@@H]1OCC[C@@H]1O. The number of aliphatic hydroxyl groups excluding tert-OH is 1. The molecule has 1 aliphatic heterocycles. The minimum absolute atomic E-state index is 0.329. The molecule has 66 valence electrons. The molecule has 4 nitrogen and oxygen atoms in total. The second-order valence-corrected chi connectivity index (χ2v) is 2.53. The molecule has 11 heavy (non-hydrogen) atoms. The van der Waals surface area contributed by atoms with Gasteiger partial charge in [-0.2, -0.15) is 0 Å². The van der Waals surface area contributed by atoms with Crippen molar-refractivity contribution in [3.8, 4) is 0 Å². The predicted molar refractivity (Wildman–Crippen MR) is 38.2 cm³/mol. The van der Waals surface area contributed by atoms with Crippen molar-refractivity contribution in [2.45, 2.75) is 24.9 Å². The Morgan fingerprint density at radius 1 is 1.45 bits per heavy atom. The lowest BCUT2D eigenvalue weighted by molar-refractivity contribution is -0.184. The molecule has 0 aromatic heterocycles. The molecule has 1 fully saturated rings. The van der Waals surface area contributed by atoms with Gasteiger partial charge in [0.2, 0.25) is 0 Å². The number of hydrogen-bond donors (Lipinski definition) is 1. The minimum Gasteiger partial charge on any atom is -0.390 e. The normalized spacial score (nSPS) is 31.6. The largest absolute Gasteiger partial charge is 0.390 e. The van der Waals surface area contributed by atoms with Gasteiger partial charge >= 0.3 is 0 Å². The average Bonchev–Trinajstić information content (AvgIpc) is 2.40. The predicted octanol–water partition coefficient (Wildman–Crippen LogP) is -0.245. The topological polar surface area (TPSA) is 47.9 Å². The van der Waals surface area contributed by atoms with E-state index in [1.54, 1.807) is 0 Å². The molecular formula is C7H14O4. The summed E-state index contributed by atoms with van der Waals surface area (Å²) in [6.07, 6.45) is -0.578. The summed E-state index contributed by atoms with van der Waals surface area (Å²) < 4.78 is 15.1. The van der Waals surface area contributed by atoms with E-state index >= 15 is 0 Å². The second kappa shape index (κ2) is 4.01. The highest BCUT2D eigenvalue weighted by atomic mass is 16.7. The molecule has 1 aliphatic rings. The number of ether oxygens (including phenoxy) is 3. The Kier molecular flexibility index (Phi) is 3.26. The standard InChI is InChI=1S/C7H14O4/c1-9-7(10-2)6-5(8)3-4-11-6/h5-8H,3-4H2,1-2H3/t5-,6+/m0/s1. The summed E-state index contributed by atoms with van der Waals surface area (Å²) in [5.74, 6) is 0. The molecule has 4 heteroatoms. The van der Waals surface area contributed by atoms with Gasteiger partial charge in [-0.05, 0) is 6.42 Å². The Bertz CT molecular complexity index is 113. The fraction of sp³-hybridized carbons (Fsp3) is 1.00. The molecular weight excluding hydrogens is 148 g/mol. The maximum absolute atomic E-state index is 9.34. The van der Waals surface area contributed by atoms with E-state index in [4.69, 9.17) is 14.2 Å². The van der Waals surface area contributed by atoms with Crippen molar-refractivity contribution in [1.82, 2.24) is 0 Å². The lowest BCUT2D eigenvalue weighted by atomic mass is 10.2. The van der Waals surface area contributed by atoms with E-state index in [9.17, 15) is 5.11 Å². The zero-order valence-corrected chi connectivity index (χ0v) is 6.82. The Labute approximate surface area is 66.1 Å². The van der Waals surface area contributed by atoms with E-state index in [0.29, 0.717) is 13.0 Å². The van der Waals surface area contributed by atoms with Gasteiger partial charge in [0.25, 0.3) is 0 Å². The van der Waals surface area contributed by atoms with Crippen molar-refractivity contribution in [2.75, 3.05) is 20.8 Å². The first-order valence-corrected chi connectivity index (χ1v) is 3.65. The van der Waals surface area contributed by atoms with Gasteiger partial charge in [0.1, 0.15) is 6.10 Å². The summed E-state index contributed by atoms with van der Waals surface area (Å²) in [5, 5.41) is 9.34. The monoisotopic (exact) mass is 162 g/mol. The van der Waals surface area contributed by atoms with E-state index in [0.717, 1.165) is 0 Å². The van der Waals surface area contributed by atoms with E-state index < -0.39 is 12.4 Å². The molecule has 1 saturated heterocycles. The number of aliphatic hydroxyl groups is 1. The van der Waals surface area contributed by atoms with E-state index in [1.165, 1.54) is 14.2 Å². The van der Waals surface area contributed by atoms with Gasteiger partial charge in [0.05, 0.1) is 6.10 Å². The minimum atomic E-state index is -0.458. The Morgan fingerprint density at radius 2 is 2.09 bits per heavy atom. The summed E-state index contributed by atoms with van der Waals surface area (Å²) in [6, 6.07) is 0. The van der Waals surface area contributed by atoms with Gasteiger partial charge in [-0.15, -0.1) is 0 Å². The zero-order valence-electron chi connectivity index (χ0n) is 6.82. The maximum Gasteiger partial charge on any atom is 0.185 e. The molecule has 0 aliphatic carbocycles. The molecule has 1 rings (SSSR count). The van der Waals surface area contributed by atoms with Gasteiger partial charge in [0.15, 0.2) is 6.29 Å². The fourth-order valence-electron chi connectivity index (χ4n) is 1.22. The fourth-order valence-corrected chi connectivity index (χ4v) is 1.22. The highest BCUT2D eigenvalue weighted by Gasteiger charge is 2.33. The Balaban J connectivity index is 2.43. The first-order valence-electron chi connectivity index (χ1n) is 3.65. The van der Waals surface area contributed by atoms with Crippen LogP contribution in [-0.4, -0.2) is 44.4 Å². The molecule has 0 aromatic rings. The first kappa shape index (κ1) is 8.93. The van der Waals surface area contributed by atoms with Crippen LogP contribution in [0.1, 0.15) is 6.42 Å². The summed E-state index contributed by atoms with van der Waals surface area (Å²) in [6.45, 7) is 0.578. The van der Waals surface area contributed by atoms with E-state index in [2.05, 4.69) is 0 Å². The van der Waals surface area contributed by atoms with Crippen molar-refractivity contribution in [1.29, 1.82) is 0 Å². The molecule has 0 amide bonds. The summed E-state index contributed by atoms with van der Waals surface area (Å²) in [7, 11) is 3.06. The first-order chi connectivity index (χ1) is 5.29. The zero-order chi connectivity index (χ0) is 8.27. The number of rotatable bonds is 3. The van der Waals surface area contributed by atoms with Gasteiger partial charge < -0.3 is 19.3 Å². The van der Waals surface area contributed by atoms with Crippen molar-refractivity contribution >= 4 is 0 Å². The van der Waals surface area contributed by atoms with Gasteiger partial charge in [-0.3, -0.25) is 0 Å². The second-order valence-electron chi connectivity index (χ2n) is 2.53. The summed E-state index contributed by atoms with van der Waals surface area (Å²) in [4.78, 5) is 0. The van der Waals surface area contributed by atoms with Crippen LogP contribution in [0, 0.1) is 0 Å². The lowest BCUT2D eigenvalue weighted by Gasteiger charge is -2.21. The van der Waals surface area contributed by atoms with Crippen LogP contribution < -0.4 is 0 Å². The number of hydrogen-bond acceptors (Lipinski definition) is 4. The molecule has 0 aromatic carbocycles. The van der Waals surface area contributed by atoms with E-state index in [1.807, 2.05) is 0 Å². The molecule has 1 N–H and O–H groups in total. The summed E-state index contributed by atoms with van der Waals surface area (Å²) >= 11 is 0. The molecule has 0 bridgehead atoms. The van der Waals surface area contributed by atoms with Gasteiger partial charge in [-0.25, -0.2) is 0 Å². The van der Waals surface area contributed by atoms with Crippen LogP contribution in [0.25, 0.3) is 0 Å². The van der Waals surface area contributed by atoms with Crippen LogP contribution >= 0.6 is 0 Å². The van der Waals surface area contributed by atoms with Gasteiger partial charge in [0, 0.05) is 20.8 Å². The maximum atomic E-state index is 9.34. The van der Waals surface area contributed by atoms with E-state index in [-0.39, 0.29) is 6.10 Å². The van der Waals surface area contributed by atoms with Crippen LogP contribution in [0.2, 0.25) is 0 Å². The third-order valence-electron chi connectivity index (χ3n) is 1.84. The van der Waals surface area contributed by atoms with Crippen LogP contribution in [0.4, 0.5) is 0 Å². The Morgan fingerprint density at radius 3 is 2.45 bits per heavy atom. The molecule has 0 radical (unpaired) electrons. The van der Waals surface area contributed by atoms with Crippen molar-refractivity contribution in [3.05, 3.63) is 0 Å². The van der Waals surface area contributed by atoms with Crippen LogP contribution in [0.3, 0.4) is 0 Å². The molecule has 0 unspecified atom stereocenters. The Hall–Kier alpha value is -0.160. The molecule has 0 spiro atoms. The molecule has 0 saturated carbocycles. The van der Waals surface area contributed by atoms with Gasteiger partial charge in [-0.1, -0.05) is 0 Å². The average molecular weight is 162 g/mol. The van der Waals surface area contributed by atoms with Crippen molar-refractivity contribution in [3.63, 3.8) is 0 Å². The van der Waals surface area contributed by atoms with Crippen molar-refractivity contribution < 1.29 is 19.3 Å². The third kappa shape index (κ3) is 1.90. The molecule has 1 heterocycles. The highest BCUT2D eigenvalue weighted by molar-refractivity contribution is 4.77. The quantitative estimate of drug-likeness (QED) is 0.581. The molecule has 2 atom stereocenters. The smallest absolute Gasteiger partial charge is 0.185 e. The third-order valence-corrected chi connectivity index (χ3v) is 1.84. The van der Waals surface area contributed by atoms with Crippen LogP contribution in [0.5, 0.6) is 0 Å². The van der Waals surface area contributed by atoms with Crippen LogP contribution in [-0.2, 0) is 14.2 Å². The highest BCUT2D eigenvalue weighted by Crippen LogP contribution is 2.18. The van der Waals surface area contributed by atoms with Crippen LogP contribution in [0.15, 0.2) is 0 Å². The lowest BCUT2D eigenvalue weighted by Crippen LogP contribution is -2.37.